The van der Waals surface area contributed by atoms with Gasteiger partial charge in [-0.1, -0.05) is 43.3 Å². The third kappa shape index (κ3) is 3.37. The molecule has 0 bridgehead atoms. The summed E-state index contributed by atoms with van der Waals surface area (Å²) in [6.45, 7) is 4.00. The molecule has 0 saturated carbocycles. The zero-order valence-corrected chi connectivity index (χ0v) is 12.9. The molecule has 1 aliphatic rings. The Labute approximate surface area is 131 Å². The molecular weight excluding hydrogens is 272 g/mol. The molecule has 0 aliphatic carbocycles. The SMILES string of the molecule is CCc1cccc(-c2cccc(C(=O)N[C@H]3CCNC3)c2)c1. The maximum Gasteiger partial charge on any atom is 0.251 e. The molecule has 0 unspecified atom stereocenters. The summed E-state index contributed by atoms with van der Waals surface area (Å²) < 4.78 is 0. The van der Waals surface area contributed by atoms with E-state index in [9.17, 15) is 4.79 Å². The number of hydrogen-bond donors (Lipinski definition) is 2. The maximum atomic E-state index is 12.4. The number of hydrogen-bond acceptors (Lipinski definition) is 2. The van der Waals surface area contributed by atoms with Crippen molar-refractivity contribution in [3.8, 4) is 11.1 Å². The van der Waals surface area contributed by atoms with Gasteiger partial charge in [-0.25, -0.2) is 0 Å². The predicted octanol–water partition coefficient (Wildman–Crippen LogP) is 3.01. The Kier molecular flexibility index (Phi) is 4.54. The van der Waals surface area contributed by atoms with E-state index in [1.807, 2.05) is 18.2 Å². The van der Waals surface area contributed by atoms with E-state index in [-0.39, 0.29) is 11.9 Å². The van der Waals surface area contributed by atoms with Crippen LogP contribution < -0.4 is 10.6 Å². The Hall–Kier alpha value is -2.13. The van der Waals surface area contributed by atoms with Crippen LogP contribution in [0.3, 0.4) is 0 Å². The highest BCUT2D eigenvalue weighted by Gasteiger charge is 2.17. The molecule has 22 heavy (non-hydrogen) atoms. The van der Waals surface area contributed by atoms with Crippen molar-refractivity contribution >= 4 is 5.91 Å². The molecule has 1 atom stereocenters. The van der Waals surface area contributed by atoms with Crippen molar-refractivity contribution in [3.63, 3.8) is 0 Å². The highest BCUT2D eigenvalue weighted by molar-refractivity contribution is 5.95. The van der Waals surface area contributed by atoms with Crippen molar-refractivity contribution < 1.29 is 4.79 Å². The number of carbonyl (C=O) groups excluding carboxylic acids is 1. The van der Waals surface area contributed by atoms with E-state index in [1.54, 1.807) is 0 Å². The molecule has 2 aromatic rings. The minimum atomic E-state index is 0.0159. The minimum Gasteiger partial charge on any atom is -0.348 e. The monoisotopic (exact) mass is 294 g/mol. The first-order valence-corrected chi connectivity index (χ1v) is 7.97. The van der Waals surface area contributed by atoms with Crippen LogP contribution in [0.1, 0.15) is 29.3 Å². The van der Waals surface area contributed by atoms with Gasteiger partial charge in [0.05, 0.1) is 0 Å². The van der Waals surface area contributed by atoms with Gasteiger partial charge < -0.3 is 10.6 Å². The number of carbonyl (C=O) groups is 1. The normalized spacial score (nSPS) is 17.4. The largest absolute Gasteiger partial charge is 0.348 e. The fraction of sp³-hybridized carbons (Fsp3) is 0.316. The average Bonchev–Trinajstić information content (AvgIpc) is 3.08. The van der Waals surface area contributed by atoms with Crippen LogP contribution in [0.5, 0.6) is 0 Å². The Balaban J connectivity index is 1.80. The first-order valence-electron chi connectivity index (χ1n) is 7.97. The van der Waals surface area contributed by atoms with E-state index in [0.717, 1.165) is 42.6 Å². The van der Waals surface area contributed by atoms with Crippen LogP contribution in [0.25, 0.3) is 11.1 Å². The summed E-state index contributed by atoms with van der Waals surface area (Å²) in [5.74, 6) is 0.0159. The lowest BCUT2D eigenvalue weighted by molar-refractivity contribution is 0.0940. The van der Waals surface area contributed by atoms with E-state index in [2.05, 4.69) is 47.9 Å². The molecule has 0 spiro atoms. The molecule has 1 amide bonds. The second-order valence-electron chi connectivity index (χ2n) is 5.80. The van der Waals surface area contributed by atoms with E-state index in [4.69, 9.17) is 0 Å². The molecule has 3 nitrogen and oxygen atoms in total. The molecule has 3 heteroatoms. The van der Waals surface area contributed by atoms with Gasteiger partial charge in [-0.05, 0) is 48.2 Å². The average molecular weight is 294 g/mol. The lowest BCUT2D eigenvalue weighted by Gasteiger charge is -2.12. The molecule has 0 aromatic heterocycles. The predicted molar refractivity (Wildman–Crippen MR) is 90.0 cm³/mol. The lowest BCUT2D eigenvalue weighted by atomic mass is 10.00. The number of rotatable bonds is 4. The Morgan fingerprint density at radius 1 is 1.18 bits per heavy atom. The third-order valence-electron chi connectivity index (χ3n) is 4.19. The second kappa shape index (κ2) is 6.75. The van der Waals surface area contributed by atoms with Crippen LogP contribution in [-0.2, 0) is 6.42 Å². The van der Waals surface area contributed by atoms with E-state index >= 15 is 0 Å². The summed E-state index contributed by atoms with van der Waals surface area (Å²) in [7, 11) is 0. The minimum absolute atomic E-state index is 0.0159. The Morgan fingerprint density at radius 2 is 1.95 bits per heavy atom. The first-order chi connectivity index (χ1) is 10.8. The molecule has 1 saturated heterocycles. The molecule has 1 fully saturated rings. The highest BCUT2D eigenvalue weighted by atomic mass is 16.1. The fourth-order valence-corrected chi connectivity index (χ4v) is 2.86. The molecule has 114 valence electrons. The van der Waals surface area contributed by atoms with Gasteiger partial charge in [0.2, 0.25) is 0 Å². The van der Waals surface area contributed by atoms with Gasteiger partial charge in [0.15, 0.2) is 0 Å². The molecule has 2 aromatic carbocycles. The van der Waals surface area contributed by atoms with Crippen LogP contribution in [0.15, 0.2) is 48.5 Å². The highest BCUT2D eigenvalue weighted by Crippen LogP contribution is 2.22. The van der Waals surface area contributed by atoms with Gasteiger partial charge in [-0.2, -0.15) is 0 Å². The summed E-state index contributed by atoms with van der Waals surface area (Å²) in [4.78, 5) is 12.4. The van der Waals surface area contributed by atoms with Crippen molar-refractivity contribution in [2.24, 2.45) is 0 Å². The van der Waals surface area contributed by atoms with Crippen LogP contribution in [0.2, 0.25) is 0 Å². The Bertz CT molecular complexity index is 660. The summed E-state index contributed by atoms with van der Waals surface area (Å²) in [5, 5.41) is 6.36. The number of aryl methyl sites for hydroxylation is 1. The van der Waals surface area contributed by atoms with E-state index in [0.29, 0.717) is 0 Å². The topological polar surface area (TPSA) is 41.1 Å². The van der Waals surface area contributed by atoms with Crippen molar-refractivity contribution in [2.45, 2.75) is 25.8 Å². The van der Waals surface area contributed by atoms with Crippen LogP contribution in [-0.4, -0.2) is 25.0 Å². The molecule has 1 aliphatic heterocycles. The number of nitrogens with one attached hydrogen (secondary N) is 2. The standard InChI is InChI=1S/C19H22N2O/c1-2-14-5-3-6-15(11-14)16-7-4-8-17(12-16)19(22)21-18-9-10-20-13-18/h3-8,11-12,18,20H,2,9-10,13H2,1H3,(H,21,22)/t18-/m0/s1. The number of benzene rings is 2. The van der Waals surface area contributed by atoms with Crippen molar-refractivity contribution in [1.82, 2.24) is 10.6 Å². The summed E-state index contributed by atoms with van der Waals surface area (Å²) in [5.41, 5.74) is 4.29. The zero-order valence-electron chi connectivity index (χ0n) is 12.9. The number of amides is 1. The summed E-state index contributed by atoms with van der Waals surface area (Å²) in [6.07, 6.45) is 2.02. The van der Waals surface area contributed by atoms with Gasteiger partial charge in [0.1, 0.15) is 0 Å². The molecule has 3 rings (SSSR count). The van der Waals surface area contributed by atoms with Crippen LogP contribution in [0.4, 0.5) is 0 Å². The van der Waals surface area contributed by atoms with Crippen LogP contribution in [0, 0.1) is 0 Å². The van der Waals surface area contributed by atoms with Gasteiger partial charge >= 0.3 is 0 Å². The van der Waals surface area contributed by atoms with Gasteiger partial charge in [-0.3, -0.25) is 4.79 Å². The first kappa shape index (κ1) is 14.8. The molecule has 2 N–H and O–H groups in total. The second-order valence-corrected chi connectivity index (χ2v) is 5.80. The third-order valence-corrected chi connectivity index (χ3v) is 4.19. The van der Waals surface area contributed by atoms with Crippen molar-refractivity contribution in [3.05, 3.63) is 59.7 Å². The summed E-state index contributed by atoms with van der Waals surface area (Å²) >= 11 is 0. The quantitative estimate of drug-likeness (QED) is 0.910. The van der Waals surface area contributed by atoms with Crippen LogP contribution >= 0.6 is 0 Å². The molecule has 0 radical (unpaired) electrons. The zero-order chi connectivity index (χ0) is 15.4. The van der Waals surface area contributed by atoms with Crippen molar-refractivity contribution in [2.75, 3.05) is 13.1 Å². The maximum absolute atomic E-state index is 12.4. The van der Waals surface area contributed by atoms with Gasteiger partial charge in [0, 0.05) is 18.2 Å². The van der Waals surface area contributed by atoms with Gasteiger partial charge in [0.25, 0.3) is 5.91 Å². The Morgan fingerprint density at radius 3 is 2.68 bits per heavy atom. The molecule has 1 heterocycles. The smallest absolute Gasteiger partial charge is 0.251 e. The molecular formula is C19H22N2O. The van der Waals surface area contributed by atoms with E-state index in [1.165, 1.54) is 5.56 Å². The fourth-order valence-electron chi connectivity index (χ4n) is 2.86. The van der Waals surface area contributed by atoms with E-state index < -0.39 is 0 Å². The van der Waals surface area contributed by atoms with Crippen molar-refractivity contribution in [1.29, 1.82) is 0 Å². The van der Waals surface area contributed by atoms with Gasteiger partial charge in [-0.15, -0.1) is 0 Å². The lowest BCUT2D eigenvalue weighted by Crippen LogP contribution is -2.36. The summed E-state index contributed by atoms with van der Waals surface area (Å²) in [6, 6.07) is 16.6.